The summed E-state index contributed by atoms with van der Waals surface area (Å²) in [5.74, 6) is -3.65. The van der Waals surface area contributed by atoms with Gasteiger partial charge in [-0.2, -0.15) is 18.4 Å². The number of alkyl halides is 3. The summed E-state index contributed by atoms with van der Waals surface area (Å²) >= 11 is 5.80. The summed E-state index contributed by atoms with van der Waals surface area (Å²) in [6.45, 7) is -0.594. The van der Waals surface area contributed by atoms with E-state index in [1.165, 1.54) is 18.2 Å². The number of halogens is 4. The van der Waals surface area contributed by atoms with Crippen molar-refractivity contribution in [3.05, 3.63) is 63.2 Å². The van der Waals surface area contributed by atoms with Gasteiger partial charge >= 0.3 is 23.6 Å². The minimum absolute atomic E-state index is 0.234. The van der Waals surface area contributed by atoms with Gasteiger partial charge in [0.1, 0.15) is 11.8 Å². The normalized spacial score (nSPS) is 12.5. The van der Waals surface area contributed by atoms with E-state index in [0.717, 1.165) is 32.4 Å². The Balaban J connectivity index is 2.37. The number of ketones is 1. The van der Waals surface area contributed by atoms with Crippen LogP contribution in [-0.4, -0.2) is 54.0 Å². The highest BCUT2D eigenvalue weighted by Crippen LogP contribution is 2.35. The molecule has 0 spiro atoms. The van der Waals surface area contributed by atoms with Gasteiger partial charge < -0.3 is 14.2 Å². The molecule has 2 aromatic carbocycles. The molecule has 0 aliphatic rings. The maximum absolute atomic E-state index is 13.1. The van der Waals surface area contributed by atoms with E-state index in [4.69, 9.17) is 21.1 Å². The van der Waals surface area contributed by atoms with Crippen molar-refractivity contribution in [2.24, 2.45) is 0 Å². The maximum atomic E-state index is 13.1. The Bertz CT molecular complexity index is 1260. The Morgan fingerprint density at radius 3 is 2.35 bits per heavy atom. The molecule has 11 nitrogen and oxygen atoms in total. The average molecular weight is 544 g/mol. The van der Waals surface area contributed by atoms with Crippen molar-refractivity contribution >= 4 is 35.1 Å². The van der Waals surface area contributed by atoms with Crippen molar-refractivity contribution in [1.29, 1.82) is 5.26 Å². The SMILES string of the molecule is COC(=O)N(C)C(=O)C(C#N)(Oc1ccccc1[N+](=O)[O-])C(=O)CCOc1ccc(C(F)(F)F)cc1Cl. The topological polar surface area (TPSA) is 149 Å². The predicted molar refractivity (Wildman–Crippen MR) is 119 cm³/mol. The number of imide groups is 1. The van der Waals surface area contributed by atoms with Crippen molar-refractivity contribution in [2.75, 3.05) is 20.8 Å². The van der Waals surface area contributed by atoms with Crippen LogP contribution in [0.4, 0.5) is 23.7 Å². The molecule has 0 saturated carbocycles. The fourth-order valence-electron chi connectivity index (χ4n) is 2.89. The molecule has 0 fully saturated rings. The summed E-state index contributed by atoms with van der Waals surface area (Å²) in [7, 11) is 1.81. The Labute approximate surface area is 212 Å². The van der Waals surface area contributed by atoms with Gasteiger partial charge in [0.2, 0.25) is 5.78 Å². The lowest BCUT2D eigenvalue weighted by Gasteiger charge is -2.28. The van der Waals surface area contributed by atoms with E-state index < -0.39 is 69.5 Å². The first-order chi connectivity index (χ1) is 17.3. The second-order valence-corrected chi connectivity index (χ2v) is 7.53. The van der Waals surface area contributed by atoms with Crippen molar-refractivity contribution < 1.29 is 46.7 Å². The molecule has 0 saturated heterocycles. The summed E-state index contributed by atoms with van der Waals surface area (Å²) in [6, 6.07) is 8.14. The Morgan fingerprint density at radius 2 is 1.81 bits per heavy atom. The number of carbonyl (C=O) groups excluding carboxylic acids is 3. The van der Waals surface area contributed by atoms with Gasteiger partial charge in [0.15, 0.2) is 5.75 Å². The lowest BCUT2D eigenvalue weighted by molar-refractivity contribution is -0.386. The molecule has 37 heavy (non-hydrogen) atoms. The third-order valence-electron chi connectivity index (χ3n) is 4.78. The van der Waals surface area contributed by atoms with Gasteiger partial charge in [-0.1, -0.05) is 23.7 Å². The lowest BCUT2D eigenvalue weighted by atomic mass is 9.95. The highest BCUT2D eigenvalue weighted by Gasteiger charge is 2.52. The fraction of sp³-hybridized carbons (Fsp3) is 0.273. The van der Waals surface area contributed by atoms with Gasteiger partial charge in [0.25, 0.3) is 5.91 Å². The number of benzene rings is 2. The van der Waals surface area contributed by atoms with Gasteiger partial charge in [-0.05, 0) is 24.3 Å². The number of ether oxygens (including phenoxy) is 3. The fourth-order valence-corrected chi connectivity index (χ4v) is 3.13. The molecule has 2 aromatic rings. The number of rotatable bonds is 9. The second-order valence-electron chi connectivity index (χ2n) is 7.12. The lowest BCUT2D eigenvalue weighted by Crippen LogP contribution is -2.57. The molecule has 1 unspecified atom stereocenters. The highest BCUT2D eigenvalue weighted by atomic mass is 35.5. The third-order valence-corrected chi connectivity index (χ3v) is 5.07. The number of nitro benzene ring substituents is 1. The number of hydrogen-bond donors (Lipinski definition) is 0. The van der Waals surface area contributed by atoms with Crippen LogP contribution in [0, 0.1) is 21.4 Å². The number of para-hydroxylation sites is 2. The number of nitrogens with zero attached hydrogens (tertiary/aromatic N) is 3. The molecule has 0 aliphatic heterocycles. The molecule has 15 heteroatoms. The summed E-state index contributed by atoms with van der Waals surface area (Å²) in [5, 5.41) is 20.8. The molecule has 2 rings (SSSR count). The number of nitro groups is 1. The molecule has 0 aliphatic carbocycles. The molecule has 0 N–H and O–H groups in total. The highest BCUT2D eigenvalue weighted by molar-refractivity contribution is 6.32. The van der Waals surface area contributed by atoms with Crippen LogP contribution in [0.5, 0.6) is 11.5 Å². The molecular weight excluding hydrogens is 527 g/mol. The largest absolute Gasteiger partial charge is 0.492 e. The van der Waals surface area contributed by atoms with E-state index in [1.807, 2.05) is 0 Å². The molecule has 0 bridgehead atoms. The standard InChI is InChI=1S/C22H17ClF3N3O8/c1-28(20(32)35-2)19(31)21(12-27,37-17-6-4-3-5-15(17)29(33)34)18(30)9-10-36-16-8-7-13(11-14(16)23)22(24,25)26/h3-8,11H,9-10H2,1-2H3. The van der Waals surface area contributed by atoms with E-state index in [9.17, 15) is 42.9 Å². The van der Waals surface area contributed by atoms with Crippen LogP contribution >= 0.6 is 11.6 Å². The van der Waals surface area contributed by atoms with Crippen LogP contribution in [0.1, 0.15) is 12.0 Å². The van der Waals surface area contributed by atoms with E-state index in [2.05, 4.69) is 4.74 Å². The van der Waals surface area contributed by atoms with Crippen molar-refractivity contribution in [1.82, 2.24) is 4.90 Å². The van der Waals surface area contributed by atoms with Gasteiger partial charge in [0.05, 0.1) is 29.2 Å². The first-order valence-electron chi connectivity index (χ1n) is 10.0. The maximum Gasteiger partial charge on any atom is 0.416 e. The molecule has 2 amide bonds. The van der Waals surface area contributed by atoms with Crippen LogP contribution in [0.3, 0.4) is 0 Å². The van der Waals surface area contributed by atoms with E-state index in [-0.39, 0.29) is 10.6 Å². The van der Waals surface area contributed by atoms with Crippen LogP contribution in [-0.2, 0) is 20.5 Å². The minimum Gasteiger partial charge on any atom is -0.492 e. The van der Waals surface area contributed by atoms with Crippen LogP contribution in [0.15, 0.2) is 42.5 Å². The average Bonchev–Trinajstić information content (AvgIpc) is 2.86. The van der Waals surface area contributed by atoms with Crippen LogP contribution in [0.25, 0.3) is 0 Å². The number of carbonyl (C=O) groups is 3. The number of hydrogen-bond acceptors (Lipinski definition) is 9. The van der Waals surface area contributed by atoms with Gasteiger partial charge in [-0.15, -0.1) is 0 Å². The van der Waals surface area contributed by atoms with Gasteiger partial charge in [-0.3, -0.25) is 19.7 Å². The van der Waals surface area contributed by atoms with Gasteiger partial charge in [0, 0.05) is 19.5 Å². The summed E-state index contributed by atoms with van der Waals surface area (Å²) in [6.07, 6.45) is -6.68. The summed E-state index contributed by atoms with van der Waals surface area (Å²) in [4.78, 5) is 48.8. The molecule has 0 aromatic heterocycles. The number of methoxy groups -OCH3 is 1. The Morgan fingerprint density at radius 1 is 1.16 bits per heavy atom. The van der Waals surface area contributed by atoms with Crippen LogP contribution in [0.2, 0.25) is 5.02 Å². The number of nitriles is 1. The molecule has 0 heterocycles. The zero-order chi connectivity index (χ0) is 28.0. The molecular formula is C22H17ClF3N3O8. The number of Topliss-reactive ketones (excluding diaryl/α,β-unsaturated/α-hetero) is 1. The Hall–Kier alpha value is -4.38. The second kappa shape index (κ2) is 11.6. The quantitative estimate of drug-likeness (QED) is 0.258. The van der Waals surface area contributed by atoms with Crippen LogP contribution < -0.4 is 9.47 Å². The Kier molecular flexibility index (Phi) is 9.02. The molecule has 196 valence electrons. The number of likely N-dealkylation sites (N-methyl/N-ethyl adjacent to an activating group) is 1. The predicted octanol–water partition coefficient (Wildman–Crippen LogP) is 4.17. The molecule has 1 atom stereocenters. The van der Waals surface area contributed by atoms with Gasteiger partial charge in [-0.25, -0.2) is 9.69 Å². The zero-order valence-corrected chi connectivity index (χ0v) is 19.8. The first-order valence-corrected chi connectivity index (χ1v) is 10.4. The summed E-state index contributed by atoms with van der Waals surface area (Å²) < 4.78 is 53.4. The molecule has 0 radical (unpaired) electrons. The summed E-state index contributed by atoms with van der Waals surface area (Å²) in [5.41, 5.74) is -4.82. The van der Waals surface area contributed by atoms with E-state index in [1.54, 1.807) is 0 Å². The first kappa shape index (κ1) is 28.9. The van der Waals surface area contributed by atoms with E-state index in [0.29, 0.717) is 12.1 Å². The van der Waals surface area contributed by atoms with Crippen molar-refractivity contribution in [3.63, 3.8) is 0 Å². The number of amides is 2. The van der Waals surface area contributed by atoms with E-state index >= 15 is 0 Å². The van der Waals surface area contributed by atoms with Crippen molar-refractivity contribution in [2.45, 2.75) is 18.2 Å². The zero-order valence-electron chi connectivity index (χ0n) is 19.1. The monoisotopic (exact) mass is 543 g/mol. The third kappa shape index (κ3) is 6.44. The van der Waals surface area contributed by atoms with Crippen molar-refractivity contribution in [3.8, 4) is 17.6 Å². The smallest absolute Gasteiger partial charge is 0.416 e. The minimum atomic E-state index is -4.66.